The van der Waals surface area contributed by atoms with Gasteiger partial charge in [0, 0.05) is 36.0 Å². The summed E-state index contributed by atoms with van der Waals surface area (Å²) in [5, 5.41) is 8.59. The van der Waals surface area contributed by atoms with Crippen LogP contribution in [0.5, 0.6) is 0 Å². The first kappa shape index (κ1) is 26.5. The van der Waals surface area contributed by atoms with Gasteiger partial charge in [-0.2, -0.15) is 0 Å². The van der Waals surface area contributed by atoms with E-state index in [0.29, 0.717) is 0 Å². The Hall–Kier alpha value is -4.74. The topological polar surface area (TPSA) is 4.93 Å². The molecule has 0 saturated carbocycles. The van der Waals surface area contributed by atoms with Crippen LogP contribution in [0.15, 0.2) is 183 Å². The van der Waals surface area contributed by atoms with Crippen LogP contribution in [-0.2, 0) is 0 Å². The Kier molecular flexibility index (Phi) is 5.83. The summed E-state index contributed by atoms with van der Waals surface area (Å²) in [6.07, 6.45) is 0. The average Bonchev–Trinajstić information content (AvgIpc) is 3.46. The van der Waals surface area contributed by atoms with E-state index < -0.39 is 8.07 Å². The Balaban J connectivity index is 1.18. The number of hydrogen-bond acceptors (Lipinski definition) is 2. The number of rotatable bonds is 2. The van der Waals surface area contributed by atoms with Crippen molar-refractivity contribution in [1.29, 1.82) is 0 Å². The smallest absolute Gasteiger partial charge is 0.184 e. The van der Waals surface area contributed by atoms with Crippen molar-refractivity contribution in [2.75, 3.05) is 0 Å². The highest BCUT2D eigenvalue weighted by Crippen LogP contribution is 2.40. The molecule has 2 aliphatic rings. The van der Waals surface area contributed by atoms with Gasteiger partial charge in [0.25, 0.3) is 0 Å². The molecular formula is C42H27NS2Si. The minimum atomic E-state index is -2.58. The third kappa shape index (κ3) is 3.66. The Morgan fingerprint density at radius 2 is 0.804 bits per heavy atom. The number of aromatic nitrogens is 1. The molecule has 0 bridgehead atoms. The Morgan fingerprint density at radius 3 is 1.35 bits per heavy atom. The third-order valence-electron chi connectivity index (χ3n) is 9.74. The van der Waals surface area contributed by atoms with Crippen LogP contribution in [0.3, 0.4) is 0 Å². The maximum Gasteiger partial charge on any atom is 0.184 e. The van der Waals surface area contributed by atoms with Crippen LogP contribution in [0.4, 0.5) is 0 Å². The van der Waals surface area contributed by atoms with Crippen LogP contribution in [0.2, 0.25) is 0 Å². The molecule has 8 aromatic rings. The fourth-order valence-corrected chi connectivity index (χ4v) is 17.0. The molecule has 2 aliphatic heterocycles. The van der Waals surface area contributed by atoms with Gasteiger partial charge in [0.15, 0.2) is 8.07 Å². The van der Waals surface area contributed by atoms with E-state index in [1.165, 1.54) is 78.9 Å². The second kappa shape index (κ2) is 10.1. The van der Waals surface area contributed by atoms with Gasteiger partial charge in [0.2, 0.25) is 0 Å². The maximum atomic E-state index is 2.53. The van der Waals surface area contributed by atoms with Crippen LogP contribution >= 0.6 is 23.5 Å². The number of nitrogens with zero attached hydrogens (tertiary/aromatic N) is 1. The second-order valence-electron chi connectivity index (χ2n) is 12.1. The minimum Gasteiger partial charge on any atom is -0.309 e. The van der Waals surface area contributed by atoms with Gasteiger partial charge in [-0.3, -0.25) is 0 Å². The molecule has 1 nitrogen and oxygen atoms in total. The van der Waals surface area contributed by atoms with Gasteiger partial charge in [-0.05, 0) is 80.4 Å². The second-order valence-corrected chi connectivity index (χ2v) is 17.9. The lowest BCUT2D eigenvalue weighted by atomic mass is 10.1. The van der Waals surface area contributed by atoms with E-state index in [-0.39, 0.29) is 0 Å². The van der Waals surface area contributed by atoms with Crippen molar-refractivity contribution in [3.63, 3.8) is 0 Å². The summed E-state index contributed by atoms with van der Waals surface area (Å²) < 4.78 is 2.39. The average molecular weight is 638 g/mol. The molecule has 0 N–H and O–H groups in total. The molecule has 0 unspecified atom stereocenters. The van der Waals surface area contributed by atoms with E-state index in [9.17, 15) is 0 Å². The fourth-order valence-electron chi connectivity index (χ4n) is 7.80. The zero-order valence-electron chi connectivity index (χ0n) is 24.9. The minimum absolute atomic E-state index is 1.18. The first-order valence-corrected chi connectivity index (χ1v) is 19.3. The zero-order chi connectivity index (χ0) is 30.2. The molecule has 216 valence electrons. The van der Waals surface area contributed by atoms with Crippen LogP contribution in [0.25, 0.3) is 38.6 Å². The van der Waals surface area contributed by atoms with E-state index in [2.05, 4.69) is 168 Å². The highest BCUT2D eigenvalue weighted by Gasteiger charge is 2.51. The Labute approximate surface area is 277 Å². The van der Waals surface area contributed by atoms with Crippen molar-refractivity contribution in [3.8, 4) is 16.8 Å². The molecule has 0 aliphatic carbocycles. The largest absolute Gasteiger partial charge is 0.309 e. The first-order valence-electron chi connectivity index (χ1n) is 15.7. The predicted octanol–water partition coefficient (Wildman–Crippen LogP) is 8.76. The molecule has 0 amide bonds. The van der Waals surface area contributed by atoms with Crippen LogP contribution in [0.1, 0.15) is 0 Å². The van der Waals surface area contributed by atoms with Gasteiger partial charge in [-0.1, -0.05) is 139 Å². The van der Waals surface area contributed by atoms with E-state index in [1.807, 2.05) is 23.5 Å². The van der Waals surface area contributed by atoms with Gasteiger partial charge in [-0.15, -0.1) is 0 Å². The molecule has 7 aromatic carbocycles. The number of para-hydroxylation sites is 2. The highest BCUT2D eigenvalue weighted by molar-refractivity contribution is 8.01. The van der Waals surface area contributed by atoms with Gasteiger partial charge < -0.3 is 4.57 Å². The van der Waals surface area contributed by atoms with Gasteiger partial charge in [0.05, 0.1) is 11.0 Å². The maximum absolute atomic E-state index is 2.58. The SMILES string of the molecule is c1ccc2c(c1)Sc1ccccc1[Si]21c2ccccc2Sc2ccc(-c3ccc(-n4c5ccccc5c5ccccc54)cc3)cc21. The quantitative estimate of drug-likeness (QED) is 0.175. The summed E-state index contributed by atoms with van der Waals surface area (Å²) >= 11 is 3.86. The van der Waals surface area contributed by atoms with Crippen LogP contribution < -0.4 is 20.7 Å². The van der Waals surface area contributed by atoms with E-state index >= 15 is 0 Å². The summed E-state index contributed by atoms with van der Waals surface area (Å²) in [6.45, 7) is 0. The number of hydrogen-bond donors (Lipinski definition) is 0. The molecule has 0 atom stereocenters. The van der Waals surface area contributed by atoms with Crippen molar-refractivity contribution >= 4 is 74.2 Å². The number of fused-ring (bicyclic) bond motifs is 11. The molecule has 3 heterocycles. The van der Waals surface area contributed by atoms with Gasteiger partial charge in [0.1, 0.15) is 0 Å². The van der Waals surface area contributed by atoms with E-state index in [4.69, 9.17) is 0 Å². The third-order valence-corrected chi connectivity index (χ3v) is 17.7. The van der Waals surface area contributed by atoms with Gasteiger partial charge >= 0.3 is 0 Å². The zero-order valence-corrected chi connectivity index (χ0v) is 27.5. The fraction of sp³-hybridized carbons (Fsp3) is 0. The predicted molar refractivity (Wildman–Crippen MR) is 198 cm³/mol. The Bertz CT molecular complexity index is 2340. The van der Waals surface area contributed by atoms with Crippen molar-refractivity contribution in [2.24, 2.45) is 0 Å². The number of benzene rings is 7. The summed E-state index contributed by atoms with van der Waals surface area (Å²) in [5.74, 6) is 0. The molecule has 1 spiro atoms. The summed E-state index contributed by atoms with van der Waals surface area (Å²) in [7, 11) is -2.58. The van der Waals surface area contributed by atoms with E-state index in [1.54, 1.807) is 0 Å². The molecule has 46 heavy (non-hydrogen) atoms. The van der Waals surface area contributed by atoms with Crippen molar-refractivity contribution in [3.05, 3.63) is 164 Å². The molecule has 4 heteroatoms. The monoisotopic (exact) mass is 637 g/mol. The van der Waals surface area contributed by atoms with Crippen molar-refractivity contribution in [2.45, 2.75) is 19.6 Å². The normalized spacial score (nSPS) is 14.1. The lowest BCUT2D eigenvalue weighted by Gasteiger charge is -2.43. The van der Waals surface area contributed by atoms with E-state index in [0.717, 1.165) is 0 Å². The van der Waals surface area contributed by atoms with Crippen LogP contribution in [0, 0.1) is 0 Å². The lowest BCUT2D eigenvalue weighted by Crippen LogP contribution is -2.78. The molecule has 0 saturated heterocycles. The molecule has 0 fully saturated rings. The Morgan fingerprint density at radius 1 is 0.370 bits per heavy atom. The first-order chi connectivity index (χ1) is 22.8. The van der Waals surface area contributed by atoms with Crippen molar-refractivity contribution in [1.82, 2.24) is 4.57 Å². The summed E-state index contributed by atoms with van der Waals surface area (Å²) in [4.78, 5) is 5.55. The van der Waals surface area contributed by atoms with Crippen molar-refractivity contribution < 1.29 is 0 Å². The molecule has 0 radical (unpaired) electrons. The molecule has 10 rings (SSSR count). The highest BCUT2D eigenvalue weighted by atomic mass is 32.2. The van der Waals surface area contributed by atoms with Crippen LogP contribution in [-0.4, -0.2) is 12.6 Å². The standard InChI is InChI=1S/C42H27NS2Si/c1-3-13-33-31(11-1)32-12-2-4-14-34(32)43(33)30-24-21-28(22-25-30)29-23-26-38-42(27-29)46(41-20-10-7-17-37(41)45-38)39-18-8-5-15-35(39)44-36-16-6-9-19-40(36)46/h1-27H. The molecule has 1 aromatic heterocycles. The summed E-state index contributed by atoms with van der Waals surface area (Å²) in [6, 6.07) is 61.4. The summed E-state index contributed by atoms with van der Waals surface area (Å²) in [5.41, 5.74) is 6.17. The molecular weight excluding hydrogens is 611 g/mol. The lowest BCUT2D eigenvalue weighted by molar-refractivity contribution is 1.18. The van der Waals surface area contributed by atoms with Gasteiger partial charge in [-0.25, -0.2) is 0 Å².